The molecule has 0 radical (unpaired) electrons. The zero-order valence-electron chi connectivity index (χ0n) is 15.9. The highest BCUT2D eigenvalue weighted by Crippen LogP contribution is 2.28. The Morgan fingerprint density at radius 2 is 1.86 bits per heavy atom. The van der Waals surface area contributed by atoms with Crippen LogP contribution in [-0.2, 0) is 6.54 Å². The summed E-state index contributed by atoms with van der Waals surface area (Å²) in [7, 11) is 0. The Balaban J connectivity index is 1.52. The van der Waals surface area contributed by atoms with Crippen molar-refractivity contribution in [2.24, 2.45) is 0 Å². The van der Waals surface area contributed by atoms with Crippen LogP contribution in [0.3, 0.4) is 0 Å². The lowest BCUT2D eigenvalue weighted by Gasteiger charge is -2.12. The zero-order chi connectivity index (χ0) is 20.4. The van der Waals surface area contributed by atoms with Gasteiger partial charge in [-0.15, -0.1) is 0 Å². The summed E-state index contributed by atoms with van der Waals surface area (Å²) in [4.78, 5) is 34.4. The second kappa shape index (κ2) is 7.63. The SMILES string of the molecule is CC(c1ccc(C(=O)NCc2ccccc2)cc1)c1c[nH]c2nc(N)[nH]c(=O)c12. The summed E-state index contributed by atoms with van der Waals surface area (Å²) < 4.78 is 0. The van der Waals surface area contributed by atoms with Gasteiger partial charge in [0, 0.05) is 24.2 Å². The normalized spacial score (nSPS) is 12.0. The maximum Gasteiger partial charge on any atom is 0.262 e. The van der Waals surface area contributed by atoms with Crippen molar-refractivity contribution in [2.45, 2.75) is 19.4 Å². The molecule has 0 bridgehead atoms. The number of amides is 1. The van der Waals surface area contributed by atoms with Crippen LogP contribution in [0.2, 0.25) is 0 Å². The van der Waals surface area contributed by atoms with Crippen molar-refractivity contribution in [3.63, 3.8) is 0 Å². The molecule has 0 aliphatic heterocycles. The standard InChI is InChI=1S/C22H21N5O2/c1-13(17-12-24-19-18(17)21(29)27-22(23)26-19)15-7-9-16(10-8-15)20(28)25-11-14-5-3-2-4-6-14/h2-10,12-13H,11H2,1H3,(H,25,28)(H4,23,24,26,27,29). The van der Waals surface area contributed by atoms with Gasteiger partial charge in [0.15, 0.2) is 0 Å². The van der Waals surface area contributed by atoms with E-state index in [4.69, 9.17) is 5.73 Å². The highest BCUT2D eigenvalue weighted by atomic mass is 16.1. The first-order valence-electron chi connectivity index (χ1n) is 9.32. The number of nitrogens with two attached hydrogens (primary N) is 1. The van der Waals surface area contributed by atoms with Gasteiger partial charge < -0.3 is 16.0 Å². The number of nitrogens with one attached hydrogen (secondary N) is 3. The third-order valence-corrected chi connectivity index (χ3v) is 5.03. The second-order valence-corrected chi connectivity index (χ2v) is 6.93. The molecule has 2 heterocycles. The number of anilines is 1. The highest BCUT2D eigenvalue weighted by molar-refractivity contribution is 5.94. The molecule has 4 aromatic rings. The Kier molecular flexibility index (Phi) is 4.87. The molecule has 0 aliphatic carbocycles. The van der Waals surface area contributed by atoms with Gasteiger partial charge in [-0.1, -0.05) is 49.4 Å². The average Bonchev–Trinajstić information content (AvgIpc) is 3.16. The third-order valence-electron chi connectivity index (χ3n) is 5.03. The molecule has 5 N–H and O–H groups in total. The van der Waals surface area contributed by atoms with E-state index in [9.17, 15) is 9.59 Å². The molecule has 2 aromatic carbocycles. The van der Waals surface area contributed by atoms with Crippen LogP contribution >= 0.6 is 0 Å². The largest absolute Gasteiger partial charge is 0.369 e. The molecule has 7 nitrogen and oxygen atoms in total. The van der Waals surface area contributed by atoms with E-state index < -0.39 is 0 Å². The molecule has 146 valence electrons. The van der Waals surface area contributed by atoms with Crippen LogP contribution in [-0.4, -0.2) is 20.9 Å². The minimum absolute atomic E-state index is 0.0586. The first-order valence-corrected chi connectivity index (χ1v) is 9.32. The number of nitrogens with zero attached hydrogens (tertiary/aromatic N) is 1. The predicted molar refractivity (Wildman–Crippen MR) is 113 cm³/mol. The summed E-state index contributed by atoms with van der Waals surface area (Å²) >= 11 is 0. The fourth-order valence-electron chi connectivity index (χ4n) is 3.41. The van der Waals surface area contributed by atoms with E-state index in [0.717, 1.165) is 16.7 Å². The molecular formula is C22H21N5O2. The maximum atomic E-state index is 12.4. The van der Waals surface area contributed by atoms with Gasteiger partial charge >= 0.3 is 0 Å². The smallest absolute Gasteiger partial charge is 0.262 e. The number of aromatic nitrogens is 3. The van der Waals surface area contributed by atoms with E-state index >= 15 is 0 Å². The lowest BCUT2D eigenvalue weighted by Crippen LogP contribution is -2.22. The Labute approximate surface area is 167 Å². The summed E-state index contributed by atoms with van der Waals surface area (Å²) in [5.74, 6) is -0.109. The lowest BCUT2D eigenvalue weighted by molar-refractivity contribution is 0.0951. The highest BCUT2D eigenvalue weighted by Gasteiger charge is 2.17. The van der Waals surface area contributed by atoms with E-state index in [1.807, 2.05) is 49.4 Å². The molecule has 0 saturated heterocycles. The van der Waals surface area contributed by atoms with E-state index in [1.54, 1.807) is 18.3 Å². The van der Waals surface area contributed by atoms with Crippen molar-refractivity contribution in [1.29, 1.82) is 0 Å². The Morgan fingerprint density at radius 1 is 1.14 bits per heavy atom. The molecule has 1 amide bonds. The second-order valence-electron chi connectivity index (χ2n) is 6.93. The summed E-state index contributed by atoms with van der Waals surface area (Å²) in [5.41, 5.74) is 9.24. The first kappa shape index (κ1) is 18.5. The van der Waals surface area contributed by atoms with E-state index in [-0.39, 0.29) is 23.3 Å². The number of hydrogen-bond acceptors (Lipinski definition) is 4. The van der Waals surface area contributed by atoms with Gasteiger partial charge in [0.25, 0.3) is 11.5 Å². The predicted octanol–water partition coefficient (Wildman–Crippen LogP) is 2.92. The van der Waals surface area contributed by atoms with Gasteiger partial charge in [0.2, 0.25) is 5.95 Å². The summed E-state index contributed by atoms with van der Waals surface area (Å²) in [6.45, 7) is 2.48. The molecule has 2 aromatic heterocycles. The van der Waals surface area contributed by atoms with Gasteiger partial charge in [-0.2, -0.15) is 4.98 Å². The Bertz CT molecular complexity index is 1210. The number of rotatable bonds is 5. The molecule has 0 saturated carbocycles. The molecule has 0 spiro atoms. The summed E-state index contributed by atoms with van der Waals surface area (Å²) in [6.07, 6.45) is 1.78. The van der Waals surface area contributed by atoms with Crippen LogP contribution in [0.15, 0.2) is 65.6 Å². The van der Waals surface area contributed by atoms with Crippen LogP contribution in [0.5, 0.6) is 0 Å². The molecule has 1 unspecified atom stereocenters. The minimum atomic E-state index is -0.271. The molecular weight excluding hydrogens is 366 g/mol. The monoisotopic (exact) mass is 387 g/mol. The van der Waals surface area contributed by atoms with Gasteiger partial charge in [-0.3, -0.25) is 14.6 Å². The number of benzene rings is 2. The van der Waals surface area contributed by atoms with Crippen LogP contribution < -0.4 is 16.6 Å². The van der Waals surface area contributed by atoms with Gasteiger partial charge in [-0.05, 0) is 28.8 Å². The van der Waals surface area contributed by atoms with Crippen molar-refractivity contribution >= 4 is 22.9 Å². The number of aromatic amines is 2. The minimum Gasteiger partial charge on any atom is -0.369 e. The van der Waals surface area contributed by atoms with Crippen molar-refractivity contribution in [2.75, 3.05) is 5.73 Å². The summed E-state index contributed by atoms with van der Waals surface area (Å²) in [5, 5.41) is 3.42. The number of nitrogen functional groups attached to an aromatic ring is 1. The Morgan fingerprint density at radius 3 is 2.59 bits per heavy atom. The number of hydrogen-bond donors (Lipinski definition) is 4. The average molecular weight is 387 g/mol. The fourth-order valence-corrected chi connectivity index (χ4v) is 3.41. The fraction of sp³-hybridized carbons (Fsp3) is 0.136. The van der Waals surface area contributed by atoms with Crippen molar-refractivity contribution < 1.29 is 4.79 Å². The molecule has 7 heteroatoms. The molecule has 0 aliphatic rings. The number of fused-ring (bicyclic) bond motifs is 1. The molecule has 4 rings (SSSR count). The summed E-state index contributed by atoms with van der Waals surface area (Å²) in [6, 6.07) is 17.2. The lowest BCUT2D eigenvalue weighted by atomic mass is 9.93. The third kappa shape index (κ3) is 3.75. The molecule has 0 fully saturated rings. The van der Waals surface area contributed by atoms with Crippen LogP contribution in [0.25, 0.3) is 11.0 Å². The topological polar surface area (TPSA) is 117 Å². The molecule has 1 atom stereocenters. The Hall–Kier alpha value is -3.87. The first-order chi connectivity index (χ1) is 14.0. The number of carbonyl (C=O) groups is 1. The van der Waals surface area contributed by atoms with Gasteiger partial charge in [0.1, 0.15) is 5.65 Å². The van der Waals surface area contributed by atoms with Crippen LogP contribution in [0, 0.1) is 0 Å². The zero-order valence-corrected chi connectivity index (χ0v) is 15.9. The van der Waals surface area contributed by atoms with E-state index in [1.165, 1.54) is 0 Å². The van der Waals surface area contributed by atoms with Crippen LogP contribution in [0.1, 0.15) is 39.9 Å². The molecule has 29 heavy (non-hydrogen) atoms. The maximum absolute atomic E-state index is 12.4. The van der Waals surface area contributed by atoms with Crippen molar-refractivity contribution in [3.05, 3.63) is 93.4 Å². The number of H-pyrrole nitrogens is 2. The van der Waals surface area contributed by atoms with Crippen molar-refractivity contribution in [3.8, 4) is 0 Å². The quantitative estimate of drug-likeness (QED) is 0.421. The van der Waals surface area contributed by atoms with Crippen molar-refractivity contribution in [1.82, 2.24) is 20.3 Å². The van der Waals surface area contributed by atoms with Crippen LogP contribution in [0.4, 0.5) is 5.95 Å². The van der Waals surface area contributed by atoms with Gasteiger partial charge in [0.05, 0.1) is 5.39 Å². The number of carbonyl (C=O) groups excluding carboxylic acids is 1. The van der Waals surface area contributed by atoms with Gasteiger partial charge in [-0.25, -0.2) is 0 Å². The van der Waals surface area contributed by atoms with E-state index in [0.29, 0.717) is 23.1 Å². The van der Waals surface area contributed by atoms with E-state index in [2.05, 4.69) is 20.3 Å².